The van der Waals surface area contributed by atoms with Crippen molar-refractivity contribution < 1.29 is 0 Å². The van der Waals surface area contributed by atoms with Crippen LogP contribution >= 0.6 is 0 Å². The van der Waals surface area contributed by atoms with E-state index in [2.05, 4.69) is 164 Å². The molecule has 8 aromatic rings. The summed E-state index contributed by atoms with van der Waals surface area (Å²) in [5, 5.41) is 2.30. The summed E-state index contributed by atoms with van der Waals surface area (Å²) < 4.78 is 2.48. The molecule has 0 unspecified atom stereocenters. The molecule has 2 aromatic heterocycles. The molecule has 1 aliphatic carbocycles. The topological polar surface area (TPSA) is 30.7 Å². The highest BCUT2D eigenvalue weighted by atomic mass is 15.0. The first-order valence-electron chi connectivity index (χ1n) is 15.9. The van der Waals surface area contributed by atoms with Gasteiger partial charge in [0, 0.05) is 32.9 Å². The van der Waals surface area contributed by atoms with E-state index >= 15 is 0 Å². The van der Waals surface area contributed by atoms with Crippen molar-refractivity contribution in [2.75, 3.05) is 0 Å². The van der Waals surface area contributed by atoms with E-state index < -0.39 is 0 Å². The fourth-order valence-electron chi connectivity index (χ4n) is 7.46. The first-order valence-corrected chi connectivity index (χ1v) is 15.9. The minimum Gasteiger partial charge on any atom is -0.307 e. The van der Waals surface area contributed by atoms with Crippen LogP contribution in [0.15, 0.2) is 152 Å². The Hall–Kier alpha value is -5.80. The number of fused-ring (bicyclic) bond motifs is 6. The summed E-state index contributed by atoms with van der Waals surface area (Å²) in [5.41, 5.74) is 13.5. The molecule has 0 saturated heterocycles. The SMILES string of the molecule is CC1(C)c2ccccc2-c2c1c1ccccc1n2-c1cc(-c2ccccc2)cc2c(-c3ccccc3)nc(-c3ccccc3)nc12. The van der Waals surface area contributed by atoms with Crippen LogP contribution < -0.4 is 0 Å². The van der Waals surface area contributed by atoms with Crippen LogP contribution in [0, 0.1) is 0 Å². The van der Waals surface area contributed by atoms with Crippen molar-refractivity contribution in [3.05, 3.63) is 163 Å². The molecule has 0 amide bonds. The maximum atomic E-state index is 5.42. The Bertz CT molecular complexity index is 2420. The highest BCUT2D eigenvalue weighted by molar-refractivity contribution is 6.05. The zero-order valence-corrected chi connectivity index (χ0v) is 25.8. The van der Waals surface area contributed by atoms with Crippen LogP contribution in [0.3, 0.4) is 0 Å². The smallest absolute Gasteiger partial charge is 0.160 e. The van der Waals surface area contributed by atoms with Gasteiger partial charge in [-0.1, -0.05) is 147 Å². The van der Waals surface area contributed by atoms with Gasteiger partial charge in [-0.05, 0) is 40.5 Å². The summed E-state index contributed by atoms with van der Waals surface area (Å²) in [6, 6.07) is 53.8. The van der Waals surface area contributed by atoms with Gasteiger partial charge in [-0.2, -0.15) is 0 Å². The van der Waals surface area contributed by atoms with Crippen LogP contribution in [0.2, 0.25) is 0 Å². The Morgan fingerprint density at radius 1 is 0.522 bits per heavy atom. The summed E-state index contributed by atoms with van der Waals surface area (Å²) in [7, 11) is 0. The van der Waals surface area contributed by atoms with Gasteiger partial charge in [0.1, 0.15) is 0 Å². The summed E-state index contributed by atoms with van der Waals surface area (Å²) in [4.78, 5) is 10.7. The average Bonchev–Trinajstić information content (AvgIpc) is 3.59. The van der Waals surface area contributed by atoms with Gasteiger partial charge in [0.15, 0.2) is 5.82 Å². The van der Waals surface area contributed by atoms with Crippen molar-refractivity contribution in [2.45, 2.75) is 19.3 Å². The second-order valence-corrected chi connectivity index (χ2v) is 12.6. The van der Waals surface area contributed by atoms with Gasteiger partial charge in [-0.15, -0.1) is 0 Å². The third-order valence-corrected chi connectivity index (χ3v) is 9.56. The van der Waals surface area contributed by atoms with E-state index in [0.29, 0.717) is 0 Å². The fourth-order valence-corrected chi connectivity index (χ4v) is 7.46. The molecule has 0 N–H and O–H groups in total. The maximum absolute atomic E-state index is 5.42. The molecule has 0 fully saturated rings. The predicted octanol–water partition coefficient (Wildman–Crippen LogP) is 10.9. The number of benzene rings is 6. The molecule has 6 aromatic carbocycles. The van der Waals surface area contributed by atoms with E-state index in [4.69, 9.17) is 9.97 Å². The Kier molecular flexibility index (Phi) is 5.85. The Morgan fingerprint density at radius 3 is 1.87 bits per heavy atom. The number of aromatic nitrogens is 3. The van der Waals surface area contributed by atoms with Crippen LogP contribution in [-0.2, 0) is 5.41 Å². The molecule has 0 saturated carbocycles. The van der Waals surface area contributed by atoms with Crippen LogP contribution in [0.25, 0.3) is 72.5 Å². The zero-order valence-electron chi connectivity index (χ0n) is 25.8. The summed E-state index contributed by atoms with van der Waals surface area (Å²) >= 11 is 0. The maximum Gasteiger partial charge on any atom is 0.160 e. The van der Waals surface area contributed by atoms with Crippen LogP contribution in [0.4, 0.5) is 0 Å². The minimum absolute atomic E-state index is 0.150. The number of para-hydroxylation sites is 1. The monoisotopic (exact) mass is 589 g/mol. The molecule has 0 spiro atoms. The average molecular weight is 590 g/mol. The first-order chi connectivity index (χ1) is 22.6. The molecule has 2 heterocycles. The Labute approximate surface area is 268 Å². The van der Waals surface area contributed by atoms with Gasteiger partial charge in [-0.3, -0.25) is 0 Å². The van der Waals surface area contributed by atoms with Gasteiger partial charge >= 0.3 is 0 Å². The van der Waals surface area contributed by atoms with E-state index in [-0.39, 0.29) is 5.41 Å². The normalized spacial score (nSPS) is 13.2. The van der Waals surface area contributed by atoms with E-state index in [1.54, 1.807) is 0 Å². The number of nitrogens with zero attached hydrogens (tertiary/aromatic N) is 3. The molecule has 218 valence electrons. The van der Waals surface area contributed by atoms with Crippen LogP contribution in [-0.4, -0.2) is 14.5 Å². The molecule has 3 nitrogen and oxygen atoms in total. The van der Waals surface area contributed by atoms with Crippen molar-refractivity contribution in [1.82, 2.24) is 14.5 Å². The number of hydrogen-bond donors (Lipinski definition) is 0. The molecular weight excluding hydrogens is 558 g/mol. The number of hydrogen-bond acceptors (Lipinski definition) is 2. The third-order valence-electron chi connectivity index (χ3n) is 9.56. The molecule has 46 heavy (non-hydrogen) atoms. The molecule has 0 aliphatic heterocycles. The summed E-state index contributed by atoms with van der Waals surface area (Å²) in [6.07, 6.45) is 0. The van der Waals surface area contributed by atoms with Crippen LogP contribution in [0.5, 0.6) is 0 Å². The van der Waals surface area contributed by atoms with E-state index in [0.717, 1.165) is 50.4 Å². The fraction of sp³-hybridized carbons (Fsp3) is 0.0698. The van der Waals surface area contributed by atoms with E-state index in [9.17, 15) is 0 Å². The molecule has 1 aliphatic rings. The largest absolute Gasteiger partial charge is 0.307 e. The summed E-state index contributed by atoms with van der Waals surface area (Å²) in [5.74, 6) is 0.717. The van der Waals surface area contributed by atoms with Crippen molar-refractivity contribution in [3.63, 3.8) is 0 Å². The van der Waals surface area contributed by atoms with Gasteiger partial charge in [0.25, 0.3) is 0 Å². The van der Waals surface area contributed by atoms with Crippen molar-refractivity contribution in [2.24, 2.45) is 0 Å². The highest BCUT2D eigenvalue weighted by Crippen LogP contribution is 2.54. The van der Waals surface area contributed by atoms with Gasteiger partial charge in [0.2, 0.25) is 0 Å². The third kappa shape index (κ3) is 3.92. The molecule has 0 bridgehead atoms. The lowest BCUT2D eigenvalue weighted by Crippen LogP contribution is -2.14. The second-order valence-electron chi connectivity index (χ2n) is 12.6. The number of rotatable bonds is 4. The highest BCUT2D eigenvalue weighted by Gasteiger charge is 2.40. The zero-order chi connectivity index (χ0) is 30.8. The van der Waals surface area contributed by atoms with Crippen molar-refractivity contribution in [1.29, 1.82) is 0 Å². The van der Waals surface area contributed by atoms with Gasteiger partial charge in [0.05, 0.1) is 28.1 Å². The van der Waals surface area contributed by atoms with E-state index in [1.165, 1.54) is 33.3 Å². The summed E-state index contributed by atoms with van der Waals surface area (Å²) in [6.45, 7) is 4.71. The van der Waals surface area contributed by atoms with Crippen molar-refractivity contribution >= 4 is 21.8 Å². The van der Waals surface area contributed by atoms with Gasteiger partial charge < -0.3 is 4.57 Å². The molecule has 0 atom stereocenters. The standard InChI is InChI=1S/C43H31N3/c1-43(2)35-24-14-12-22-32(35)41-38(43)33-23-13-15-25-36(33)46(41)37-27-31(28-16-6-3-7-17-28)26-34-39(29-18-8-4-9-19-29)44-42(45-40(34)37)30-20-10-5-11-21-30/h3-27H,1-2H3. The Balaban J connectivity index is 1.48. The lowest BCUT2D eigenvalue weighted by atomic mass is 9.81. The lowest BCUT2D eigenvalue weighted by molar-refractivity contribution is 0.666. The Morgan fingerprint density at radius 2 is 1.13 bits per heavy atom. The van der Waals surface area contributed by atoms with Gasteiger partial charge in [-0.25, -0.2) is 9.97 Å². The van der Waals surface area contributed by atoms with E-state index in [1.807, 2.05) is 6.07 Å². The molecule has 9 rings (SSSR count). The molecule has 0 radical (unpaired) electrons. The second kappa shape index (κ2) is 10.1. The molecule has 3 heteroatoms. The van der Waals surface area contributed by atoms with Crippen molar-refractivity contribution in [3.8, 4) is 50.7 Å². The first kappa shape index (κ1) is 26.6. The van der Waals surface area contributed by atoms with Crippen LogP contribution in [0.1, 0.15) is 25.0 Å². The quantitative estimate of drug-likeness (QED) is 0.204. The lowest BCUT2D eigenvalue weighted by Gasteiger charge is -2.21. The predicted molar refractivity (Wildman–Crippen MR) is 190 cm³/mol. The minimum atomic E-state index is -0.150. The molecular formula is C43H31N3.